The van der Waals surface area contributed by atoms with Crippen LogP contribution in [0, 0.1) is 5.82 Å². The second kappa shape index (κ2) is 8.80. The summed E-state index contributed by atoms with van der Waals surface area (Å²) in [6.45, 7) is 5.51. The van der Waals surface area contributed by atoms with Crippen molar-refractivity contribution in [3.8, 4) is 0 Å². The topological polar surface area (TPSA) is 28.6 Å². The molecule has 2 aliphatic heterocycles. The van der Waals surface area contributed by atoms with Crippen LogP contribution in [-0.4, -0.2) is 53.7 Å². The van der Waals surface area contributed by atoms with Gasteiger partial charge in [0.1, 0.15) is 11.3 Å². The molecule has 5 rings (SSSR count). The zero-order valence-electron chi connectivity index (χ0n) is 17.2. The lowest BCUT2D eigenvalue weighted by Crippen LogP contribution is -2.49. The summed E-state index contributed by atoms with van der Waals surface area (Å²) in [5.41, 5.74) is 2.62. The van der Waals surface area contributed by atoms with Crippen molar-refractivity contribution in [1.29, 1.82) is 0 Å². The number of fused-ring (bicyclic) bond motifs is 1. The SMILES string of the molecule is Fc1cccc2ccc(CN3CCO[C@@H](CN4CCCC4)[C@@H]3c3ccccc3)nc12. The fourth-order valence-electron chi connectivity index (χ4n) is 4.86. The second-order valence-corrected chi connectivity index (χ2v) is 8.36. The lowest BCUT2D eigenvalue weighted by Gasteiger charge is -2.42. The van der Waals surface area contributed by atoms with Crippen molar-refractivity contribution in [2.75, 3.05) is 32.8 Å². The molecule has 0 saturated carbocycles. The number of benzene rings is 2. The quantitative estimate of drug-likeness (QED) is 0.629. The highest BCUT2D eigenvalue weighted by Crippen LogP contribution is 2.32. The van der Waals surface area contributed by atoms with Gasteiger partial charge in [-0.25, -0.2) is 9.37 Å². The number of halogens is 1. The van der Waals surface area contributed by atoms with E-state index >= 15 is 0 Å². The number of morpholine rings is 1. The molecular weight excluding hydrogens is 377 g/mol. The minimum absolute atomic E-state index is 0.122. The standard InChI is InChI=1S/C25H28FN3O/c26-22-10-6-9-19-11-12-21(27-24(19)22)17-29-15-16-30-23(18-28-13-4-5-14-28)25(29)20-7-2-1-3-8-20/h1-3,6-12,23,25H,4-5,13-18H2/t23-,25-/m0/s1. The average molecular weight is 406 g/mol. The van der Waals surface area contributed by atoms with Crippen molar-refractivity contribution < 1.29 is 9.13 Å². The molecule has 2 saturated heterocycles. The van der Waals surface area contributed by atoms with Crippen molar-refractivity contribution in [3.05, 3.63) is 77.7 Å². The Bertz CT molecular complexity index is 990. The van der Waals surface area contributed by atoms with E-state index in [0.717, 1.165) is 37.3 Å². The van der Waals surface area contributed by atoms with Gasteiger partial charge in [-0.05, 0) is 43.6 Å². The Morgan fingerprint density at radius 1 is 0.933 bits per heavy atom. The van der Waals surface area contributed by atoms with E-state index in [4.69, 9.17) is 4.74 Å². The molecule has 0 radical (unpaired) electrons. The highest BCUT2D eigenvalue weighted by Gasteiger charge is 2.35. The van der Waals surface area contributed by atoms with Gasteiger partial charge in [0.2, 0.25) is 0 Å². The first kappa shape index (κ1) is 19.6. The van der Waals surface area contributed by atoms with Crippen LogP contribution in [0.15, 0.2) is 60.7 Å². The number of hydrogen-bond acceptors (Lipinski definition) is 4. The summed E-state index contributed by atoms with van der Waals surface area (Å²) in [6.07, 6.45) is 2.68. The molecule has 3 aromatic rings. The number of ether oxygens (including phenoxy) is 1. The van der Waals surface area contributed by atoms with Gasteiger partial charge < -0.3 is 9.64 Å². The predicted octanol–water partition coefficient (Wildman–Crippen LogP) is 4.41. The smallest absolute Gasteiger partial charge is 0.149 e. The molecule has 2 aliphatic rings. The maximum absolute atomic E-state index is 14.3. The maximum atomic E-state index is 14.3. The molecule has 2 atom stereocenters. The van der Waals surface area contributed by atoms with E-state index in [0.29, 0.717) is 18.7 Å². The van der Waals surface area contributed by atoms with E-state index in [2.05, 4.69) is 45.1 Å². The lowest BCUT2D eigenvalue weighted by molar-refractivity contribution is -0.0862. The Morgan fingerprint density at radius 2 is 1.77 bits per heavy atom. The molecule has 0 N–H and O–H groups in total. The number of aromatic nitrogens is 1. The molecule has 0 amide bonds. The summed E-state index contributed by atoms with van der Waals surface area (Å²) in [5.74, 6) is -0.261. The van der Waals surface area contributed by atoms with Gasteiger partial charge in [0.15, 0.2) is 0 Å². The molecule has 156 valence electrons. The zero-order chi connectivity index (χ0) is 20.3. The predicted molar refractivity (Wildman–Crippen MR) is 117 cm³/mol. The third-order valence-corrected chi connectivity index (χ3v) is 6.33. The van der Waals surface area contributed by atoms with Gasteiger partial charge in [0.05, 0.1) is 24.4 Å². The lowest BCUT2D eigenvalue weighted by atomic mass is 9.97. The molecule has 5 heteroatoms. The first-order valence-electron chi connectivity index (χ1n) is 10.9. The van der Waals surface area contributed by atoms with Crippen molar-refractivity contribution in [2.45, 2.75) is 31.5 Å². The summed E-state index contributed by atoms with van der Waals surface area (Å²) in [6, 6.07) is 19.9. The second-order valence-electron chi connectivity index (χ2n) is 8.36. The third kappa shape index (κ3) is 4.10. The van der Waals surface area contributed by atoms with E-state index in [1.54, 1.807) is 6.07 Å². The molecule has 2 aromatic carbocycles. The van der Waals surface area contributed by atoms with Gasteiger partial charge in [0.25, 0.3) is 0 Å². The normalized spacial score (nSPS) is 23.2. The van der Waals surface area contributed by atoms with Crippen LogP contribution >= 0.6 is 0 Å². The van der Waals surface area contributed by atoms with Crippen LogP contribution in [0.1, 0.15) is 30.1 Å². The molecule has 0 aliphatic carbocycles. The summed E-state index contributed by atoms with van der Waals surface area (Å²) < 4.78 is 20.6. The summed E-state index contributed by atoms with van der Waals surface area (Å²) >= 11 is 0. The Morgan fingerprint density at radius 3 is 2.60 bits per heavy atom. The fourth-order valence-corrected chi connectivity index (χ4v) is 4.86. The molecule has 3 heterocycles. The number of rotatable bonds is 5. The number of likely N-dealkylation sites (tertiary alicyclic amines) is 1. The Labute approximate surface area is 177 Å². The number of pyridine rings is 1. The van der Waals surface area contributed by atoms with Gasteiger partial charge in [0, 0.05) is 25.0 Å². The van der Waals surface area contributed by atoms with Crippen molar-refractivity contribution in [1.82, 2.24) is 14.8 Å². The summed E-state index contributed by atoms with van der Waals surface area (Å²) in [7, 11) is 0. The van der Waals surface area contributed by atoms with Crippen LogP contribution in [0.2, 0.25) is 0 Å². The number of hydrogen-bond donors (Lipinski definition) is 0. The van der Waals surface area contributed by atoms with Crippen LogP contribution in [-0.2, 0) is 11.3 Å². The minimum atomic E-state index is -0.261. The van der Waals surface area contributed by atoms with Crippen molar-refractivity contribution in [3.63, 3.8) is 0 Å². The largest absolute Gasteiger partial charge is 0.374 e. The Kier molecular flexibility index (Phi) is 5.75. The van der Waals surface area contributed by atoms with Crippen LogP contribution < -0.4 is 0 Å². The van der Waals surface area contributed by atoms with E-state index in [-0.39, 0.29) is 18.0 Å². The Hall–Kier alpha value is -2.34. The van der Waals surface area contributed by atoms with E-state index in [1.165, 1.54) is 24.5 Å². The van der Waals surface area contributed by atoms with Crippen LogP contribution in [0.4, 0.5) is 4.39 Å². The summed E-state index contributed by atoms with van der Waals surface area (Å²) in [5, 5.41) is 0.840. The van der Waals surface area contributed by atoms with Gasteiger partial charge in [-0.15, -0.1) is 0 Å². The van der Waals surface area contributed by atoms with Gasteiger partial charge >= 0.3 is 0 Å². The van der Waals surface area contributed by atoms with Gasteiger partial charge in [-0.1, -0.05) is 48.5 Å². The molecule has 4 nitrogen and oxygen atoms in total. The zero-order valence-corrected chi connectivity index (χ0v) is 17.2. The van der Waals surface area contributed by atoms with Gasteiger partial charge in [-0.2, -0.15) is 0 Å². The monoisotopic (exact) mass is 405 g/mol. The summed E-state index contributed by atoms with van der Waals surface area (Å²) in [4.78, 5) is 9.63. The first-order chi connectivity index (χ1) is 14.8. The molecule has 0 unspecified atom stereocenters. The van der Waals surface area contributed by atoms with Crippen molar-refractivity contribution in [2.24, 2.45) is 0 Å². The third-order valence-electron chi connectivity index (χ3n) is 6.33. The minimum Gasteiger partial charge on any atom is -0.374 e. The maximum Gasteiger partial charge on any atom is 0.149 e. The average Bonchev–Trinajstić information content (AvgIpc) is 3.28. The highest BCUT2D eigenvalue weighted by molar-refractivity contribution is 5.79. The van der Waals surface area contributed by atoms with E-state index in [1.807, 2.05) is 18.2 Å². The molecule has 1 aromatic heterocycles. The fraction of sp³-hybridized carbons (Fsp3) is 0.400. The van der Waals surface area contributed by atoms with Crippen LogP contribution in [0.3, 0.4) is 0 Å². The molecule has 0 spiro atoms. The molecule has 0 bridgehead atoms. The number of para-hydroxylation sites is 1. The molecule has 2 fully saturated rings. The van der Waals surface area contributed by atoms with Crippen molar-refractivity contribution >= 4 is 10.9 Å². The number of nitrogens with zero attached hydrogens (tertiary/aromatic N) is 3. The van der Waals surface area contributed by atoms with E-state index < -0.39 is 0 Å². The molecular formula is C25H28FN3O. The van der Waals surface area contributed by atoms with Crippen LogP contribution in [0.5, 0.6) is 0 Å². The van der Waals surface area contributed by atoms with Gasteiger partial charge in [-0.3, -0.25) is 4.90 Å². The Balaban J connectivity index is 1.43. The molecule has 30 heavy (non-hydrogen) atoms. The van der Waals surface area contributed by atoms with E-state index in [9.17, 15) is 4.39 Å². The highest BCUT2D eigenvalue weighted by atomic mass is 19.1. The first-order valence-corrected chi connectivity index (χ1v) is 10.9. The van der Waals surface area contributed by atoms with Crippen LogP contribution in [0.25, 0.3) is 10.9 Å².